The summed E-state index contributed by atoms with van der Waals surface area (Å²) < 4.78 is 0. The van der Waals surface area contributed by atoms with Gasteiger partial charge in [-0.05, 0) is 80.1 Å². The zero-order valence-electron chi connectivity index (χ0n) is 60.1. The lowest BCUT2D eigenvalue weighted by Crippen LogP contribution is -2.60. The Hall–Kier alpha value is -9.83. The van der Waals surface area contributed by atoms with Gasteiger partial charge in [0.15, 0.2) is 0 Å². The first kappa shape index (κ1) is 89.2. The van der Waals surface area contributed by atoms with Crippen LogP contribution < -0.4 is 91.6 Å². The average molecular weight is 1430 g/mol. The molecular formula is C66H109N17O18. The fraction of sp³-hybridized carbons (Fsp3) is 0.652. The maximum absolute atomic E-state index is 14.0. The van der Waals surface area contributed by atoms with Gasteiger partial charge in [0.2, 0.25) is 94.5 Å². The Labute approximate surface area is 589 Å². The second-order valence-electron chi connectivity index (χ2n) is 27.0. The molecular weight excluding hydrogens is 1320 g/mol. The number of nitrogens with one attached hydrogen (secondary N) is 14. The molecule has 11 atom stereocenters. The van der Waals surface area contributed by atoms with Crippen LogP contribution in [0.15, 0.2) is 30.3 Å². The van der Waals surface area contributed by atoms with E-state index in [-0.39, 0.29) is 74.5 Å². The normalized spacial score (nSPS) is 14.4. The van der Waals surface area contributed by atoms with Crippen molar-refractivity contribution < 1.29 is 86.6 Å². The number of rotatable bonds is 47. The van der Waals surface area contributed by atoms with E-state index in [4.69, 9.17) is 17.2 Å². The van der Waals surface area contributed by atoms with E-state index in [0.29, 0.717) is 5.56 Å². The number of aliphatic carboxylic acids is 1. The molecule has 21 N–H and O–H groups in total. The van der Waals surface area contributed by atoms with Crippen LogP contribution in [0.3, 0.4) is 0 Å². The summed E-state index contributed by atoms with van der Waals surface area (Å²) in [6, 6.07) is -5.41. The van der Waals surface area contributed by atoms with Gasteiger partial charge in [-0.2, -0.15) is 0 Å². The highest BCUT2D eigenvalue weighted by Crippen LogP contribution is 2.14. The van der Waals surface area contributed by atoms with E-state index in [1.807, 2.05) is 13.8 Å². The van der Waals surface area contributed by atoms with Gasteiger partial charge in [-0.15, -0.1) is 0 Å². The number of carbonyl (C=O) groups excluding carboxylic acids is 16. The zero-order chi connectivity index (χ0) is 77.0. The van der Waals surface area contributed by atoms with Gasteiger partial charge >= 0.3 is 5.97 Å². The summed E-state index contributed by atoms with van der Waals surface area (Å²) >= 11 is 0. The molecule has 1 aromatic rings. The van der Waals surface area contributed by atoms with E-state index in [9.17, 15) is 86.6 Å². The highest BCUT2D eigenvalue weighted by molar-refractivity contribution is 6.00. The first-order valence-electron chi connectivity index (χ1n) is 33.8. The largest absolute Gasteiger partial charge is 0.481 e. The molecule has 0 bridgehead atoms. The molecule has 0 aromatic heterocycles. The third kappa shape index (κ3) is 36.7. The molecule has 0 aliphatic rings. The molecule has 0 fully saturated rings. The minimum atomic E-state index is -1.83. The van der Waals surface area contributed by atoms with Crippen molar-refractivity contribution >= 4 is 100 Å². The number of amides is 16. The van der Waals surface area contributed by atoms with E-state index < -0.39 is 212 Å². The zero-order valence-corrected chi connectivity index (χ0v) is 60.1. The van der Waals surface area contributed by atoms with Crippen LogP contribution in [0.25, 0.3) is 0 Å². The fourth-order valence-electron chi connectivity index (χ4n) is 9.92. The second kappa shape index (κ2) is 45.8. The molecule has 0 aliphatic heterocycles. The Morgan fingerprint density at radius 2 is 0.713 bits per heavy atom. The van der Waals surface area contributed by atoms with Gasteiger partial charge in [0.25, 0.3) is 0 Å². The molecule has 1 rings (SSSR count). The van der Waals surface area contributed by atoms with Gasteiger partial charge in [-0.1, -0.05) is 120 Å². The lowest BCUT2D eigenvalue weighted by Gasteiger charge is -2.27. The van der Waals surface area contributed by atoms with Crippen LogP contribution in [0, 0.1) is 35.5 Å². The molecule has 1 aromatic carbocycles. The lowest BCUT2D eigenvalue weighted by atomic mass is 9.98. The summed E-state index contributed by atoms with van der Waals surface area (Å²) in [4.78, 5) is 224. The van der Waals surface area contributed by atoms with E-state index >= 15 is 0 Å². The molecule has 1 unspecified atom stereocenters. The molecule has 101 heavy (non-hydrogen) atoms. The van der Waals surface area contributed by atoms with Crippen LogP contribution in [0.5, 0.6) is 0 Å². The summed E-state index contributed by atoms with van der Waals surface area (Å²) in [5, 5.41) is 44.0. The summed E-state index contributed by atoms with van der Waals surface area (Å²) in [5.74, 6) is -17.0. The smallest absolute Gasteiger partial charge is 0.305 e. The topological polar surface area (TPSA) is 557 Å². The molecule has 0 radical (unpaired) electrons. The van der Waals surface area contributed by atoms with E-state index in [2.05, 4.69) is 74.4 Å². The summed E-state index contributed by atoms with van der Waals surface area (Å²) in [5.41, 5.74) is 16.9. The van der Waals surface area contributed by atoms with E-state index in [1.54, 1.807) is 99.6 Å². The summed E-state index contributed by atoms with van der Waals surface area (Å²) in [6.45, 7) is 19.1. The van der Waals surface area contributed by atoms with Crippen LogP contribution in [-0.4, -0.2) is 199 Å². The first-order chi connectivity index (χ1) is 47.2. The number of hydrogen-bond acceptors (Lipinski definition) is 18. The number of carbonyl (C=O) groups is 17. The van der Waals surface area contributed by atoms with Crippen LogP contribution in [0.4, 0.5) is 0 Å². The van der Waals surface area contributed by atoms with Crippen molar-refractivity contribution in [1.82, 2.24) is 74.4 Å². The molecule has 0 aliphatic carbocycles. The minimum Gasteiger partial charge on any atom is -0.481 e. The molecule has 16 amide bonds. The Morgan fingerprint density at radius 3 is 1.16 bits per heavy atom. The van der Waals surface area contributed by atoms with Crippen molar-refractivity contribution in [2.75, 3.05) is 32.7 Å². The SMILES string of the molecule is CCC(C)[C@H](NC(=O)[C@H](C)NC(=O)[C@H](CC(=O)O)NC(=O)[C@H](Cc1ccccc1)NC(=O)[C@H](CC(C)C)NC(=O)CN)C(=O)NCC(=O)N[C@@H](CC(N)=O)C(=O)N[C@@H](CC(C)C)C(=O)N[C@@H](CC(C)C)C(=O)NCC(=O)NCC(=O)N[C@@H](CC(C)C)C(=O)NCC(=O)N[C@@H](CC(C)C)C(N)=O. The quantitative estimate of drug-likeness (QED) is 0.0293. The third-order valence-electron chi connectivity index (χ3n) is 15.2. The highest BCUT2D eigenvalue weighted by Gasteiger charge is 2.36. The van der Waals surface area contributed by atoms with Crippen LogP contribution in [-0.2, 0) is 87.9 Å². The number of benzene rings is 1. The Bertz CT molecular complexity index is 3020. The van der Waals surface area contributed by atoms with Crippen LogP contribution in [0.2, 0.25) is 0 Å². The molecule has 0 heterocycles. The van der Waals surface area contributed by atoms with Crippen LogP contribution in [0.1, 0.15) is 147 Å². The Balaban J connectivity index is 3.16. The number of carboxylic acid groups (broad SMARTS) is 1. The molecule has 0 spiro atoms. The number of hydrogen-bond donors (Lipinski definition) is 18. The van der Waals surface area contributed by atoms with Crippen molar-refractivity contribution in [3.8, 4) is 0 Å². The molecule has 35 heteroatoms. The van der Waals surface area contributed by atoms with Crippen molar-refractivity contribution in [2.24, 2.45) is 52.7 Å². The van der Waals surface area contributed by atoms with Crippen molar-refractivity contribution in [1.29, 1.82) is 0 Å². The van der Waals surface area contributed by atoms with E-state index in [1.165, 1.54) is 6.92 Å². The van der Waals surface area contributed by atoms with Crippen molar-refractivity contribution in [3.63, 3.8) is 0 Å². The Kier molecular flexibility index (Phi) is 40.4. The predicted octanol–water partition coefficient (Wildman–Crippen LogP) is -4.37. The Morgan fingerprint density at radius 1 is 0.366 bits per heavy atom. The highest BCUT2D eigenvalue weighted by atomic mass is 16.4. The molecule has 35 nitrogen and oxygen atoms in total. The number of primary amides is 2. The number of nitrogens with two attached hydrogens (primary N) is 3. The average Bonchev–Trinajstić information content (AvgIpc) is 0.861. The van der Waals surface area contributed by atoms with Gasteiger partial charge < -0.3 is 96.7 Å². The lowest BCUT2D eigenvalue weighted by molar-refractivity contribution is -0.141. The van der Waals surface area contributed by atoms with E-state index in [0.717, 1.165) is 0 Å². The molecule has 566 valence electrons. The van der Waals surface area contributed by atoms with Gasteiger partial charge in [0, 0.05) is 6.42 Å². The predicted molar refractivity (Wildman–Crippen MR) is 368 cm³/mol. The maximum atomic E-state index is 14.0. The fourth-order valence-corrected chi connectivity index (χ4v) is 9.92. The van der Waals surface area contributed by atoms with Gasteiger partial charge in [0.05, 0.1) is 45.6 Å². The van der Waals surface area contributed by atoms with Gasteiger partial charge in [-0.3, -0.25) is 81.5 Å². The van der Waals surface area contributed by atoms with Gasteiger partial charge in [-0.25, -0.2) is 0 Å². The second-order valence-corrected chi connectivity index (χ2v) is 27.0. The number of carboxylic acids is 1. The first-order valence-corrected chi connectivity index (χ1v) is 33.8. The summed E-state index contributed by atoms with van der Waals surface area (Å²) in [6.07, 6.45) is -1.11. The van der Waals surface area contributed by atoms with Gasteiger partial charge in [0.1, 0.15) is 60.4 Å². The standard InChI is InChI=1S/C66H109N17O18/c1-14-38(12)56(83-58(93)39(13)74-61(96)48(27-55(90)91)82-64(99)46(25-40-18-16-15-17-19-40)81-62(97)44(23-36(8)9)76-50(85)28-67)66(101)73-32-54(89)78-47(26-49(68)84)65(100)80-45(24-37(10)11)63(98)79-43(22-35(6)7)60(95)71-29-51(86)70-30-52(87)77-42(21-34(4)5)59(94)72-31-53(88)75-41(57(69)92)20-33(2)3/h15-19,33-39,41-48,56H,14,20-32,67H2,1-13H3,(H2,68,84)(H2,69,92)(H,70,86)(H,71,95)(H,72,94)(H,73,101)(H,74,96)(H,75,88)(H,76,85)(H,77,87)(H,78,89)(H,79,98)(H,80,100)(H,81,97)(H,82,99)(H,83,93)(H,90,91)/t38?,39-,41-,42-,43-,44-,45-,46-,47-,48-,56-/m0/s1. The molecule has 0 saturated carbocycles. The third-order valence-corrected chi connectivity index (χ3v) is 15.2. The minimum absolute atomic E-state index is 0.0241. The molecule has 0 saturated heterocycles. The van der Waals surface area contributed by atoms with Crippen molar-refractivity contribution in [3.05, 3.63) is 35.9 Å². The van der Waals surface area contributed by atoms with Crippen molar-refractivity contribution in [2.45, 2.75) is 208 Å². The van der Waals surface area contributed by atoms with Crippen LogP contribution >= 0.6 is 0 Å². The monoisotopic (exact) mass is 1430 g/mol. The maximum Gasteiger partial charge on any atom is 0.305 e. The summed E-state index contributed by atoms with van der Waals surface area (Å²) in [7, 11) is 0.